The summed E-state index contributed by atoms with van der Waals surface area (Å²) in [6, 6.07) is 11.7. The molecule has 2 aromatic heterocycles. The molecule has 130 valence electrons. The Morgan fingerprint density at radius 3 is 2.60 bits per heavy atom. The van der Waals surface area contributed by atoms with Gasteiger partial charge in [-0.1, -0.05) is 41.9 Å². The number of fused-ring (bicyclic) bond motifs is 1. The molecule has 0 fully saturated rings. The van der Waals surface area contributed by atoms with E-state index in [-0.39, 0.29) is 11.6 Å². The molecule has 1 aliphatic heterocycles. The first-order chi connectivity index (χ1) is 12.0. The monoisotopic (exact) mass is 376 g/mol. The van der Waals surface area contributed by atoms with Crippen molar-refractivity contribution in [2.45, 2.75) is 18.1 Å². The lowest BCUT2D eigenvalue weighted by atomic mass is 10.1. The van der Waals surface area contributed by atoms with Crippen LogP contribution in [0, 0.1) is 0 Å². The largest absolute Gasteiger partial charge is 0.341 e. The highest BCUT2D eigenvalue weighted by Crippen LogP contribution is 2.34. The zero-order chi connectivity index (χ0) is 17.6. The number of rotatable bonds is 3. The molecule has 1 aromatic carbocycles. The van der Waals surface area contributed by atoms with Gasteiger partial charge >= 0.3 is 0 Å². The van der Waals surface area contributed by atoms with Crippen LogP contribution in [0.4, 0.5) is 0 Å². The lowest BCUT2D eigenvalue weighted by Gasteiger charge is -2.28. The smallest absolute Gasteiger partial charge is 0.262 e. The summed E-state index contributed by atoms with van der Waals surface area (Å²) < 4.78 is 30.7. The SMILES string of the molecule is Cn1cnc(S(=O)(=O)N2CCn3c(cc(Cl)c3-c3ccccc3)C2)c1. The van der Waals surface area contributed by atoms with E-state index in [1.807, 2.05) is 36.4 Å². The fourth-order valence-corrected chi connectivity index (χ4v) is 4.88. The number of nitrogens with zero attached hydrogens (tertiary/aromatic N) is 4. The molecule has 6 nitrogen and oxygen atoms in total. The standard InChI is InChI=1S/C17H17ClN4O2S/c1-20-11-16(19-12-20)25(23,24)21-7-8-22-14(10-21)9-15(18)17(22)13-5-3-2-4-6-13/h2-6,9,11-12H,7-8,10H2,1H3. The molecule has 0 bridgehead atoms. The van der Waals surface area contributed by atoms with Crippen LogP contribution in [0.25, 0.3) is 11.3 Å². The summed E-state index contributed by atoms with van der Waals surface area (Å²) in [4.78, 5) is 3.99. The number of aryl methyl sites for hydroxylation is 1. The van der Waals surface area contributed by atoms with Gasteiger partial charge in [-0.05, 0) is 11.6 Å². The van der Waals surface area contributed by atoms with Crippen LogP contribution in [0.1, 0.15) is 5.69 Å². The summed E-state index contributed by atoms with van der Waals surface area (Å²) >= 11 is 6.45. The second-order valence-electron chi connectivity index (χ2n) is 6.07. The maximum Gasteiger partial charge on any atom is 0.262 e. The first-order valence-electron chi connectivity index (χ1n) is 7.88. The van der Waals surface area contributed by atoms with Crippen molar-refractivity contribution in [2.75, 3.05) is 6.54 Å². The lowest BCUT2D eigenvalue weighted by molar-refractivity contribution is 0.342. The third kappa shape index (κ3) is 2.78. The van der Waals surface area contributed by atoms with E-state index >= 15 is 0 Å². The maximum atomic E-state index is 12.8. The van der Waals surface area contributed by atoms with Crippen molar-refractivity contribution in [2.24, 2.45) is 7.05 Å². The van der Waals surface area contributed by atoms with Gasteiger partial charge < -0.3 is 9.13 Å². The molecule has 1 aliphatic rings. The number of hydrogen-bond donors (Lipinski definition) is 0. The predicted molar refractivity (Wildman–Crippen MR) is 95.7 cm³/mol. The van der Waals surface area contributed by atoms with E-state index in [9.17, 15) is 8.42 Å². The number of hydrogen-bond acceptors (Lipinski definition) is 3. The Morgan fingerprint density at radius 2 is 1.92 bits per heavy atom. The topological polar surface area (TPSA) is 60.1 Å². The average molecular weight is 377 g/mol. The first kappa shape index (κ1) is 16.4. The summed E-state index contributed by atoms with van der Waals surface area (Å²) in [6.07, 6.45) is 3.01. The molecule has 0 radical (unpaired) electrons. The number of imidazole rings is 1. The number of benzene rings is 1. The summed E-state index contributed by atoms with van der Waals surface area (Å²) in [5.41, 5.74) is 2.85. The maximum absolute atomic E-state index is 12.8. The van der Waals surface area contributed by atoms with E-state index < -0.39 is 10.0 Å². The van der Waals surface area contributed by atoms with Gasteiger partial charge in [0.05, 0.1) is 23.6 Å². The summed E-state index contributed by atoms with van der Waals surface area (Å²) in [5.74, 6) is 0. The first-order valence-corrected chi connectivity index (χ1v) is 9.70. The van der Waals surface area contributed by atoms with Gasteiger partial charge in [-0.25, -0.2) is 13.4 Å². The molecule has 0 unspecified atom stereocenters. The number of sulfonamides is 1. The predicted octanol–water partition coefficient (Wildman–Crippen LogP) is 2.75. The fourth-order valence-electron chi connectivity index (χ4n) is 3.17. The minimum Gasteiger partial charge on any atom is -0.341 e. The van der Waals surface area contributed by atoms with Crippen LogP contribution in [-0.4, -0.2) is 33.4 Å². The molecule has 3 aromatic rings. The van der Waals surface area contributed by atoms with Gasteiger partial charge in [0.25, 0.3) is 10.0 Å². The van der Waals surface area contributed by atoms with Crippen LogP contribution in [0.15, 0.2) is 53.9 Å². The van der Waals surface area contributed by atoms with E-state index in [1.54, 1.807) is 11.6 Å². The second kappa shape index (κ2) is 6.01. The second-order valence-corrected chi connectivity index (χ2v) is 8.36. The Kier molecular flexibility index (Phi) is 3.94. The van der Waals surface area contributed by atoms with Crippen molar-refractivity contribution in [1.82, 2.24) is 18.4 Å². The Labute approximate surface area is 151 Å². The summed E-state index contributed by atoms with van der Waals surface area (Å²) in [7, 11) is -1.86. The van der Waals surface area contributed by atoms with E-state index in [2.05, 4.69) is 9.55 Å². The molecule has 0 saturated heterocycles. The molecule has 8 heteroatoms. The quantitative estimate of drug-likeness (QED) is 0.706. The highest BCUT2D eigenvalue weighted by molar-refractivity contribution is 7.89. The summed E-state index contributed by atoms with van der Waals surface area (Å²) in [5, 5.41) is 0.711. The Balaban J connectivity index is 1.69. The van der Waals surface area contributed by atoms with Gasteiger partial charge in [0, 0.05) is 32.0 Å². The van der Waals surface area contributed by atoms with Crippen molar-refractivity contribution in [3.63, 3.8) is 0 Å². The van der Waals surface area contributed by atoms with Crippen molar-refractivity contribution >= 4 is 21.6 Å². The molecule has 4 rings (SSSR count). The average Bonchev–Trinajstić information content (AvgIpc) is 3.18. The van der Waals surface area contributed by atoms with Gasteiger partial charge in [-0.15, -0.1) is 0 Å². The van der Waals surface area contributed by atoms with Crippen molar-refractivity contribution in [1.29, 1.82) is 0 Å². The Morgan fingerprint density at radius 1 is 1.16 bits per heavy atom. The molecule has 3 heterocycles. The molecular formula is C17H17ClN4O2S. The normalized spacial score (nSPS) is 15.3. The van der Waals surface area contributed by atoms with Crippen LogP contribution in [0.5, 0.6) is 0 Å². The van der Waals surface area contributed by atoms with Crippen molar-refractivity contribution < 1.29 is 8.42 Å². The van der Waals surface area contributed by atoms with Gasteiger partial charge in [0.1, 0.15) is 0 Å². The highest BCUT2D eigenvalue weighted by atomic mass is 35.5. The van der Waals surface area contributed by atoms with Crippen molar-refractivity contribution in [3.8, 4) is 11.3 Å². The van der Waals surface area contributed by atoms with Gasteiger partial charge in [0.15, 0.2) is 5.03 Å². The third-order valence-electron chi connectivity index (χ3n) is 4.38. The van der Waals surface area contributed by atoms with Crippen LogP contribution < -0.4 is 0 Å². The molecular weight excluding hydrogens is 360 g/mol. The van der Waals surface area contributed by atoms with E-state index in [0.29, 0.717) is 18.1 Å². The molecule has 0 N–H and O–H groups in total. The van der Waals surface area contributed by atoms with E-state index in [1.165, 1.54) is 16.8 Å². The lowest BCUT2D eigenvalue weighted by Crippen LogP contribution is -2.38. The van der Waals surface area contributed by atoms with E-state index in [0.717, 1.165) is 17.0 Å². The van der Waals surface area contributed by atoms with Crippen LogP contribution in [-0.2, 0) is 30.2 Å². The van der Waals surface area contributed by atoms with Crippen LogP contribution >= 0.6 is 11.6 Å². The molecule has 25 heavy (non-hydrogen) atoms. The Bertz CT molecular complexity index is 1020. The minimum atomic E-state index is -3.61. The van der Waals surface area contributed by atoms with Gasteiger partial charge in [-0.3, -0.25) is 0 Å². The number of halogens is 1. The third-order valence-corrected chi connectivity index (χ3v) is 6.40. The minimum absolute atomic E-state index is 0.0735. The Hall–Kier alpha value is -2.09. The summed E-state index contributed by atoms with van der Waals surface area (Å²) in [6.45, 7) is 1.22. The fraction of sp³-hybridized carbons (Fsp3) is 0.235. The van der Waals surface area contributed by atoms with Gasteiger partial charge in [-0.2, -0.15) is 4.31 Å². The van der Waals surface area contributed by atoms with Crippen LogP contribution in [0.2, 0.25) is 5.02 Å². The highest BCUT2D eigenvalue weighted by Gasteiger charge is 2.31. The van der Waals surface area contributed by atoms with Crippen molar-refractivity contribution in [3.05, 3.63) is 59.6 Å². The molecule has 0 aliphatic carbocycles. The van der Waals surface area contributed by atoms with E-state index in [4.69, 9.17) is 11.6 Å². The molecule has 0 amide bonds. The van der Waals surface area contributed by atoms with Gasteiger partial charge in [0.2, 0.25) is 0 Å². The number of aromatic nitrogens is 3. The zero-order valence-electron chi connectivity index (χ0n) is 13.6. The molecule has 0 spiro atoms. The molecule has 0 saturated carbocycles. The molecule has 0 atom stereocenters. The zero-order valence-corrected chi connectivity index (χ0v) is 15.2. The van der Waals surface area contributed by atoms with Crippen LogP contribution in [0.3, 0.4) is 0 Å².